The van der Waals surface area contributed by atoms with E-state index in [9.17, 15) is 22.8 Å². The molecule has 0 spiro atoms. The lowest BCUT2D eigenvalue weighted by Gasteiger charge is -2.12. The number of nitrogens with one attached hydrogen (secondary N) is 1. The Kier molecular flexibility index (Phi) is 6.19. The Morgan fingerprint density at radius 2 is 1.79 bits per heavy atom. The molecule has 0 bridgehead atoms. The van der Waals surface area contributed by atoms with Crippen LogP contribution in [0.5, 0.6) is 11.6 Å². The first-order valence-corrected chi connectivity index (χ1v) is 9.84. The predicted molar refractivity (Wildman–Crippen MR) is 118 cm³/mol. The van der Waals surface area contributed by atoms with Gasteiger partial charge in [-0.1, -0.05) is 11.6 Å². The summed E-state index contributed by atoms with van der Waals surface area (Å²) in [5, 5.41) is 1.96. The number of carbonyl (C=O) groups excluding carboxylic acids is 1. The summed E-state index contributed by atoms with van der Waals surface area (Å²) in [6.07, 6.45) is 2.40. The van der Waals surface area contributed by atoms with E-state index in [1.165, 1.54) is 30.5 Å². The lowest BCUT2D eigenvalue weighted by molar-refractivity contribution is 0.102. The van der Waals surface area contributed by atoms with Gasteiger partial charge in [0.1, 0.15) is 28.5 Å². The number of hydrogen-bond donors (Lipinski definition) is 2. The van der Waals surface area contributed by atoms with Crippen molar-refractivity contribution < 1.29 is 22.7 Å². The van der Waals surface area contributed by atoms with Crippen molar-refractivity contribution in [1.29, 1.82) is 0 Å². The Balaban J connectivity index is 1.60. The number of pyridine rings is 1. The fourth-order valence-electron chi connectivity index (χ4n) is 2.91. The lowest BCUT2D eigenvalue weighted by atomic mass is 10.2. The summed E-state index contributed by atoms with van der Waals surface area (Å²) in [5.41, 5.74) is 4.19. The van der Waals surface area contributed by atoms with Gasteiger partial charge in [-0.25, -0.2) is 18.2 Å². The van der Waals surface area contributed by atoms with Crippen LogP contribution in [0.3, 0.4) is 0 Å². The number of benzene rings is 2. The summed E-state index contributed by atoms with van der Waals surface area (Å²) in [6, 6.07) is 8.96. The third kappa shape index (κ3) is 4.55. The molecule has 0 aliphatic heterocycles. The van der Waals surface area contributed by atoms with Gasteiger partial charge >= 0.3 is 0 Å². The lowest BCUT2D eigenvalue weighted by Crippen LogP contribution is -2.28. The molecular formula is C22H13ClF3N5O3. The number of nitrogens with zero attached hydrogens (tertiary/aromatic N) is 3. The first-order valence-electron chi connectivity index (χ1n) is 9.46. The molecule has 0 fully saturated rings. The smallest absolute Gasteiger partial charge is 0.267 e. The summed E-state index contributed by atoms with van der Waals surface area (Å²) in [4.78, 5) is 32.7. The first kappa shape index (κ1) is 22.8. The van der Waals surface area contributed by atoms with Gasteiger partial charge in [-0.05, 0) is 36.4 Å². The minimum absolute atomic E-state index is 0.120. The summed E-state index contributed by atoms with van der Waals surface area (Å²) < 4.78 is 48.6. The van der Waals surface area contributed by atoms with Crippen LogP contribution in [0.25, 0.3) is 5.69 Å². The topological polar surface area (TPSA) is 112 Å². The molecule has 0 unspecified atom stereocenters. The molecule has 2 aromatic carbocycles. The summed E-state index contributed by atoms with van der Waals surface area (Å²) in [6.45, 7) is 0. The second kappa shape index (κ2) is 9.24. The molecule has 34 heavy (non-hydrogen) atoms. The maximum absolute atomic E-state index is 14.6. The van der Waals surface area contributed by atoms with Gasteiger partial charge in [0.2, 0.25) is 5.88 Å². The molecule has 0 aliphatic carbocycles. The maximum atomic E-state index is 14.6. The first-order chi connectivity index (χ1) is 16.2. The normalized spacial score (nSPS) is 10.7. The average molecular weight is 488 g/mol. The van der Waals surface area contributed by atoms with E-state index >= 15 is 0 Å². The number of nitrogen functional groups attached to an aromatic ring is 1. The Hall–Kier alpha value is -4.38. The van der Waals surface area contributed by atoms with Crippen LogP contribution in [0.1, 0.15) is 10.4 Å². The zero-order valence-corrected chi connectivity index (χ0v) is 17.7. The van der Waals surface area contributed by atoms with Crippen molar-refractivity contribution in [1.82, 2.24) is 14.5 Å². The molecule has 0 saturated carbocycles. The van der Waals surface area contributed by atoms with Gasteiger partial charge in [-0.3, -0.25) is 14.2 Å². The Bertz CT molecular complexity index is 1460. The highest BCUT2D eigenvalue weighted by atomic mass is 35.5. The predicted octanol–water partition coefficient (Wildman–Crippen LogP) is 4.33. The number of carbonyl (C=O) groups is 1. The maximum Gasteiger partial charge on any atom is 0.267 e. The van der Waals surface area contributed by atoms with Crippen molar-refractivity contribution in [3.63, 3.8) is 0 Å². The van der Waals surface area contributed by atoms with Crippen LogP contribution in [-0.2, 0) is 0 Å². The standard InChI is InChI=1S/C22H13ClF3N5O3/c23-18-19(27)28-10-29-21(18)34-17-9-14(25)16(8-15(17)26)30-20(32)13-2-1-7-31(22(13)33)12-5-3-11(24)4-6-12/h1-10H,(H,30,32)(H2,27,28,29). The van der Waals surface area contributed by atoms with Gasteiger partial charge in [0.25, 0.3) is 11.5 Å². The SMILES string of the molecule is Nc1ncnc(Oc2cc(F)c(NC(=O)c3cccn(-c4ccc(F)cc4)c3=O)cc2F)c1Cl. The van der Waals surface area contributed by atoms with Gasteiger partial charge in [-0.15, -0.1) is 0 Å². The van der Waals surface area contributed by atoms with Crippen molar-refractivity contribution in [3.05, 3.63) is 99.4 Å². The second-order valence-electron chi connectivity index (χ2n) is 6.77. The van der Waals surface area contributed by atoms with E-state index in [2.05, 4.69) is 15.3 Å². The fourth-order valence-corrected chi connectivity index (χ4v) is 3.04. The fraction of sp³-hybridized carbons (Fsp3) is 0. The number of hydrogen-bond acceptors (Lipinski definition) is 6. The van der Waals surface area contributed by atoms with Gasteiger partial charge in [-0.2, -0.15) is 4.98 Å². The van der Waals surface area contributed by atoms with Crippen molar-refractivity contribution >= 4 is 29.0 Å². The van der Waals surface area contributed by atoms with E-state index in [0.717, 1.165) is 23.0 Å². The second-order valence-corrected chi connectivity index (χ2v) is 7.15. The van der Waals surface area contributed by atoms with Crippen LogP contribution in [0, 0.1) is 17.5 Å². The van der Waals surface area contributed by atoms with E-state index in [-0.39, 0.29) is 22.3 Å². The highest BCUT2D eigenvalue weighted by Gasteiger charge is 2.19. The Morgan fingerprint density at radius 1 is 1.06 bits per heavy atom. The van der Waals surface area contributed by atoms with E-state index in [1.54, 1.807) is 0 Å². The van der Waals surface area contributed by atoms with Gasteiger partial charge in [0.15, 0.2) is 17.4 Å². The zero-order valence-electron chi connectivity index (χ0n) is 16.9. The van der Waals surface area contributed by atoms with Crippen LogP contribution >= 0.6 is 11.6 Å². The minimum Gasteiger partial charge on any atom is -0.434 e. The van der Waals surface area contributed by atoms with Crippen LogP contribution < -0.4 is 21.3 Å². The quantitative estimate of drug-likeness (QED) is 0.433. The monoisotopic (exact) mass is 487 g/mol. The largest absolute Gasteiger partial charge is 0.434 e. The number of aromatic nitrogens is 3. The van der Waals surface area contributed by atoms with E-state index in [0.29, 0.717) is 17.8 Å². The Labute approximate surface area is 194 Å². The number of nitrogens with two attached hydrogens (primary N) is 1. The number of halogens is 4. The van der Waals surface area contributed by atoms with E-state index in [4.69, 9.17) is 22.1 Å². The molecule has 4 rings (SSSR count). The molecular weight excluding hydrogens is 475 g/mol. The van der Waals surface area contributed by atoms with Crippen molar-refractivity contribution in [2.24, 2.45) is 0 Å². The van der Waals surface area contributed by atoms with Gasteiger partial charge in [0.05, 0.1) is 5.69 Å². The van der Waals surface area contributed by atoms with Crippen molar-refractivity contribution in [2.45, 2.75) is 0 Å². The molecule has 1 amide bonds. The molecule has 172 valence electrons. The van der Waals surface area contributed by atoms with Gasteiger partial charge < -0.3 is 15.8 Å². The van der Waals surface area contributed by atoms with Crippen molar-refractivity contribution in [2.75, 3.05) is 11.1 Å². The van der Waals surface area contributed by atoms with Crippen molar-refractivity contribution in [3.8, 4) is 17.3 Å². The highest BCUT2D eigenvalue weighted by Crippen LogP contribution is 2.33. The molecule has 0 saturated heterocycles. The molecule has 2 aromatic heterocycles. The molecule has 4 aromatic rings. The summed E-state index contributed by atoms with van der Waals surface area (Å²) >= 11 is 5.88. The molecule has 12 heteroatoms. The number of ether oxygens (including phenoxy) is 1. The van der Waals surface area contributed by atoms with Crippen LogP contribution in [0.4, 0.5) is 24.7 Å². The summed E-state index contributed by atoms with van der Waals surface area (Å²) in [5.74, 6) is -4.59. The summed E-state index contributed by atoms with van der Waals surface area (Å²) in [7, 11) is 0. The number of amides is 1. The van der Waals surface area contributed by atoms with E-state index in [1.807, 2.05) is 0 Å². The van der Waals surface area contributed by atoms with Crippen LogP contribution in [0.15, 0.2) is 65.8 Å². The Morgan fingerprint density at radius 3 is 2.53 bits per heavy atom. The van der Waals surface area contributed by atoms with Crippen LogP contribution in [-0.4, -0.2) is 20.4 Å². The third-order valence-electron chi connectivity index (χ3n) is 4.56. The highest BCUT2D eigenvalue weighted by molar-refractivity contribution is 6.34. The zero-order chi connectivity index (χ0) is 24.4. The van der Waals surface area contributed by atoms with E-state index < -0.39 is 40.4 Å². The average Bonchev–Trinajstić information content (AvgIpc) is 2.81. The minimum atomic E-state index is -1.06. The van der Waals surface area contributed by atoms with Crippen LogP contribution in [0.2, 0.25) is 5.02 Å². The number of anilines is 2. The number of rotatable bonds is 5. The molecule has 0 atom stereocenters. The molecule has 2 heterocycles. The molecule has 3 N–H and O–H groups in total. The third-order valence-corrected chi connectivity index (χ3v) is 4.91. The molecule has 0 radical (unpaired) electrons. The molecule has 8 nitrogen and oxygen atoms in total. The van der Waals surface area contributed by atoms with Gasteiger partial charge in [0, 0.05) is 24.0 Å². The molecule has 0 aliphatic rings.